The largest absolute Gasteiger partial charge is 0.417 e. The van der Waals surface area contributed by atoms with Crippen LogP contribution in [0.3, 0.4) is 0 Å². The zero-order valence-corrected chi connectivity index (χ0v) is 13.0. The van der Waals surface area contributed by atoms with Crippen LogP contribution < -0.4 is 5.32 Å². The molecule has 1 aliphatic heterocycles. The fraction of sp³-hybridized carbons (Fsp3) is 0.929. The Balaban J connectivity index is 1.81. The van der Waals surface area contributed by atoms with E-state index in [0.29, 0.717) is 6.04 Å². The molecule has 2 rings (SSSR count). The highest BCUT2D eigenvalue weighted by atomic mass is 19.4. The van der Waals surface area contributed by atoms with E-state index >= 15 is 0 Å². The van der Waals surface area contributed by atoms with E-state index in [9.17, 15) is 23.1 Å². The smallest absolute Gasteiger partial charge is 0.380 e. The lowest BCUT2D eigenvalue weighted by Gasteiger charge is -2.39. The average molecular weight is 323 g/mol. The average Bonchev–Trinajstić information content (AvgIpc) is 2.87. The molecule has 2 amide bonds. The molecule has 0 radical (unpaired) electrons. The molecular weight excluding hydrogens is 299 g/mol. The molecular formula is C14H24F3N3O2. The molecule has 22 heavy (non-hydrogen) atoms. The Morgan fingerprint density at radius 1 is 1.27 bits per heavy atom. The van der Waals surface area contributed by atoms with Gasteiger partial charge >= 0.3 is 12.2 Å². The van der Waals surface area contributed by atoms with Crippen LogP contribution in [0.2, 0.25) is 0 Å². The van der Waals surface area contributed by atoms with Gasteiger partial charge in [0.25, 0.3) is 0 Å². The Morgan fingerprint density at radius 3 is 2.32 bits per heavy atom. The summed E-state index contributed by atoms with van der Waals surface area (Å²) in [5, 5.41) is 12.5. The molecule has 2 unspecified atom stereocenters. The maximum Gasteiger partial charge on any atom is 0.417 e. The number of amides is 2. The van der Waals surface area contributed by atoms with E-state index in [2.05, 4.69) is 10.2 Å². The first-order chi connectivity index (χ1) is 10.1. The minimum absolute atomic E-state index is 0.0725. The zero-order valence-electron chi connectivity index (χ0n) is 13.0. The molecule has 1 aliphatic carbocycles. The van der Waals surface area contributed by atoms with Crippen molar-refractivity contribution in [2.45, 2.75) is 56.0 Å². The number of carbonyl (C=O) groups excluding carboxylic acids is 1. The quantitative estimate of drug-likeness (QED) is 0.811. The summed E-state index contributed by atoms with van der Waals surface area (Å²) < 4.78 is 38.2. The number of rotatable bonds is 2. The summed E-state index contributed by atoms with van der Waals surface area (Å²) in [5.41, 5.74) is -2.66. The molecule has 128 valence electrons. The van der Waals surface area contributed by atoms with E-state index in [0.717, 1.165) is 19.3 Å². The van der Waals surface area contributed by atoms with Crippen LogP contribution in [-0.2, 0) is 0 Å². The van der Waals surface area contributed by atoms with Crippen LogP contribution in [0.4, 0.5) is 18.0 Å². The van der Waals surface area contributed by atoms with E-state index in [1.165, 1.54) is 4.90 Å². The van der Waals surface area contributed by atoms with Gasteiger partial charge in [-0.1, -0.05) is 0 Å². The van der Waals surface area contributed by atoms with Gasteiger partial charge in [0.15, 0.2) is 5.60 Å². The number of likely N-dealkylation sites (tertiary alicyclic amines) is 1. The summed E-state index contributed by atoms with van der Waals surface area (Å²) >= 11 is 0. The predicted molar refractivity (Wildman–Crippen MR) is 75.5 cm³/mol. The Hall–Kier alpha value is -1.02. The fourth-order valence-electron chi connectivity index (χ4n) is 3.19. The van der Waals surface area contributed by atoms with Crippen molar-refractivity contribution in [1.29, 1.82) is 0 Å². The van der Waals surface area contributed by atoms with E-state index in [1.807, 2.05) is 14.1 Å². The van der Waals surface area contributed by atoms with Crippen molar-refractivity contribution >= 4 is 6.03 Å². The predicted octanol–water partition coefficient (Wildman–Crippen LogP) is 1.57. The topological polar surface area (TPSA) is 55.8 Å². The fourth-order valence-corrected chi connectivity index (χ4v) is 3.19. The van der Waals surface area contributed by atoms with Gasteiger partial charge in [0.1, 0.15) is 0 Å². The van der Waals surface area contributed by atoms with Crippen molar-refractivity contribution in [2.24, 2.45) is 0 Å². The molecule has 0 aromatic rings. The van der Waals surface area contributed by atoms with Crippen LogP contribution in [0, 0.1) is 0 Å². The summed E-state index contributed by atoms with van der Waals surface area (Å²) in [6.07, 6.45) is -2.82. The maximum atomic E-state index is 12.7. The molecule has 0 aromatic heterocycles. The monoisotopic (exact) mass is 323 g/mol. The second-order valence-electron chi connectivity index (χ2n) is 6.59. The molecule has 1 saturated heterocycles. The summed E-state index contributed by atoms with van der Waals surface area (Å²) in [7, 11) is 3.99. The van der Waals surface area contributed by atoms with E-state index < -0.39 is 24.6 Å². The lowest BCUT2D eigenvalue weighted by Crippen LogP contribution is -2.56. The molecule has 1 heterocycles. The third-order valence-corrected chi connectivity index (χ3v) is 4.87. The third kappa shape index (κ3) is 3.65. The number of nitrogens with one attached hydrogen (secondary N) is 1. The standard InChI is InChI=1S/C14H24F3N3O2/c1-19(2)11-4-3-10(9-11)18-12(21)20-7-5-13(22,6-8-20)14(15,16)17/h10-11,22H,3-9H2,1-2H3,(H,18,21). The van der Waals surface area contributed by atoms with E-state index in [4.69, 9.17) is 0 Å². The van der Waals surface area contributed by atoms with Gasteiger partial charge in [-0.05, 0) is 33.4 Å². The number of piperidine rings is 1. The SMILES string of the molecule is CN(C)C1CCC(NC(=O)N2CCC(O)(C(F)(F)F)CC2)C1. The van der Waals surface area contributed by atoms with E-state index in [1.54, 1.807) is 0 Å². The summed E-state index contributed by atoms with van der Waals surface area (Å²) in [5.74, 6) is 0. The van der Waals surface area contributed by atoms with Gasteiger partial charge in [-0.2, -0.15) is 13.2 Å². The maximum absolute atomic E-state index is 12.7. The molecule has 2 N–H and O–H groups in total. The number of nitrogens with zero attached hydrogens (tertiary/aromatic N) is 2. The number of halogens is 3. The number of hydrogen-bond acceptors (Lipinski definition) is 3. The van der Waals surface area contributed by atoms with Crippen molar-refractivity contribution in [2.75, 3.05) is 27.2 Å². The molecule has 0 spiro atoms. The molecule has 2 atom stereocenters. The first-order valence-electron chi connectivity index (χ1n) is 7.63. The van der Waals surface area contributed by atoms with Crippen molar-refractivity contribution in [3.05, 3.63) is 0 Å². The number of aliphatic hydroxyl groups is 1. The first kappa shape index (κ1) is 17.3. The molecule has 0 bridgehead atoms. The molecule has 0 aromatic carbocycles. The van der Waals surface area contributed by atoms with Crippen LogP contribution in [0.15, 0.2) is 0 Å². The number of hydrogen-bond donors (Lipinski definition) is 2. The Bertz CT molecular complexity index is 407. The van der Waals surface area contributed by atoms with Crippen molar-refractivity contribution in [1.82, 2.24) is 15.1 Å². The molecule has 2 aliphatic rings. The van der Waals surface area contributed by atoms with Crippen molar-refractivity contribution in [3.63, 3.8) is 0 Å². The van der Waals surface area contributed by atoms with E-state index in [-0.39, 0.29) is 25.2 Å². The summed E-state index contributed by atoms with van der Waals surface area (Å²) in [6.45, 7) is -0.155. The van der Waals surface area contributed by atoms with Crippen molar-refractivity contribution in [3.8, 4) is 0 Å². The highest BCUT2D eigenvalue weighted by Gasteiger charge is 2.55. The van der Waals surface area contributed by atoms with Gasteiger partial charge < -0.3 is 20.2 Å². The summed E-state index contributed by atoms with van der Waals surface area (Å²) in [4.78, 5) is 15.6. The lowest BCUT2D eigenvalue weighted by molar-refractivity contribution is -0.271. The zero-order chi connectivity index (χ0) is 16.5. The van der Waals surface area contributed by atoms with Gasteiger partial charge in [-0.15, -0.1) is 0 Å². The van der Waals surface area contributed by atoms with Crippen LogP contribution in [-0.4, -0.2) is 72.0 Å². The summed E-state index contributed by atoms with van der Waals surface area (Å²) in [6, 6.07) is 0.180. The Kier molecular flexibility index (Phi) is 4.91. The van der Waals surface area contributed by atoms with Crippen LogP contribution in [0.5, 0.6) is 0 Å². The highest BCUT2D eigenvalue weighted by Crippen LogP contribution is 2.38. The Labute approximate surface area is 128 Å². The van der Waals surface area contributed by atoms with Gasteiger partial charge in [-0.25, -0.2) is 4.79 Å². The number of carbonyl (C=O) groups is 1. The second kappa shape index (κ2) is 6.23. The number of alkyl halides is 3. The van der Waals surface area contributed by atoms with Crippen LogP contribution >= 0.6 is 0 Å². The molecule has 1 saturated carbocycles. The van der Waals surface area contributed by atoms with Gasteiger partial charge in [-0.3, -0.25) is 0 Å². The van der Waals surface area contributed by atoms with Crippen LogP contribution in [0.25, 0.3) is 0 Å². The lowest BCUT2D eigenvalue weighted by atomic mass is 9.91. The minimum Gasteiger partial charge on any atom is -0.380 e. The first-order valence-corrected chi connectivity index (χ1v) is 7.63. The molecule has 2 fully saturated rings. The minimum atomic E-state index is -4.64. The van der Waals surface area contributed by atoms with Gasteiger partial charge in [0, 0.05) is 38.0 Å². The second-order valence-corrected chi connectivity index (χ2v) is 6.59. The Morgan fingerprint density at radius 2 is 1.86 bits per heavy atom. The van der Waals surface area contributed by atoms with Crippen molar-refractivity contribution < 1.29 is 23.1 Å². The van der Waals surface area contributed by atoms with Gasteiger partial charge in [0.05, 0.1) is 0 Å². The van der Waals surface area contributed by atoms with Gasteiger partial charge in [0.2, 0.25) is 0 Å². The number of urea groups is 1. The normalized spacial score (nSPS) is 29.0. The third-order valence-electron chi connectivity index (χ3n) is 4.87. The molecule has 8 heteroatoms. The molecule has 5 nitrogen and oxygen atoms in total. The van der Waals surface area contributed by atoms with Crippen LogP contribution in [0.1, 0.15) is 32.1 Å². The highest BCUT2D eigenvalue weighted by molar-refractivity contribution is 5.74.